The Balaban J connectivity index is 1.37. The second-order valence-corrected chi connectivity index (χ2v) is 7.59. The standard InChI is InChI=1S/C20H28N6O/c1-15-21-9-8-19(23-15)22-14-17-6-2-3-10-25(17)11-12-26-20(27)13-16-5-4-7-18(16)24-26/h8-9,13,17H,2-7,10-12,14H2,1H3,(H,21,22,23). The molecule has 7 nitrogen and oxygen atoms in total. The third kappa shape index (κ3) is 4.35. The highest BCUT2D eigenvalue weighted by molar-refractivity contribution is 5.33. The van der Waals surface area contributed by atoms with Crippen LogP contribution >= 0.6 is 0 Å². The maximum absolute atomic E-state index is 12.3. The Morgan fingerprint density at radius 1 is 1.22 bits per heavy atom. The van der Waals surface area contributed by atoms with Gasteiger partial charge in [-0.3, -0.25) is 9.69 Å². The van der Waals surface area contributed by atoms with Crippen molar-refractivity contribution in [2.24, 2.45) is 0 Å². The van der Waals surface area contributed by atoms with Crippen LogP contribution in [-0.2, 0) is 19.4 Å². The van der Waals surface area contributed by atoms with E-state index in [2.05, 4.69) is 25.3 Å². The molecule has 1 aliphatic carbocycles. The summed E-state index contributed by atoms with van der Waals surface area (Å²) in [5, 5.41) is 8.06. The average molecular weight is 368 g/mol. The zero-order valence-electron chi connectivity index (χ0n) is 16.0. The maximum atomic E-state index is 12.3. The predicted octanol–water partition coefficient (Wildman–Crippen LogP) is 1.80. The van der Waals surface area contributed by atoms with Crippen LogP contribution in [0.5, 0.6) is 0 Å². The molecular formula is C20H28N6O. The Bertz CT molecular complexity index is 849. The fourth-order valence-electron chi connectivity index (χ4n) is 4.19. The Morgan fingerprint density at radius 3 is 3.04 bits per heavy atom. The summed E-state index contributed by atoms with van der Waals surface area (Å²) in [6, 6.07) is 4.16. The van der Waals surface area contributed by atoms with Crippen LogP contribution in [0.25, 0.3) is 0 Å². The van der Waals surface area contributed by atoms with Crippen molar-refractivity contribution in [1.82, 2.24) is 24.6 Å². The summed E-state index contributed by atoms with van der Waals surface area (Å²) < 4.78 is 1.66. The number of anilines is 1. The molecule has 1 fully saturated rings. The van der Waals surface area contributed by atoms with E-state index in [9.17, 15) is 4.79 Å². The van der Waals surface area contributed by atoms with Crippen molar-refractivity contribution < 1.29 is 0 Å². The number of piperidine rings is 1. The SMILES string of the molecule is Cc1nccc(NCC2CCCCN2CCn2nc3c(cc2=O)CCC3)n1. The van der Waals surface area contributed by atoms with E-state index in [0.717, 1.165) is 61.8 Å². The molecule has 0 bridgehead atoms. The van der Waals surface area contributed by atoms with Crippen molar-refractivity contribution in [1.29, 1.82) is 0 Å². The average Bonchev–Trinajstić information content (AvgIpc) is 3.12. The normalized spacial score (nSPS) is 19.8. The molecule has 2 aromatic rings. The van der Waals surface area contributed by atoms with E-state index in [1.165, 1.54) is 19.3 Å². The zero-order valence-corrected chi connectivity index (χ0v) is 16.0. The van der Waals surface area contributed by atoms with Crippen molar-refractivity contribution in [2.45, 2.75) is 58.0 Å². The van der Waals surface area contributed by atoms with Crippen LogP contribution < -0.4 is 10.9 Å². The first-order chi connectivity index (χ1) is 13.2. The lowest BCUT2D eigenvalue weighted by Gasteiger charge is -2.35. The van der Waals surface area contributed by atoms with E-state index in [-0.39, 0.29) is 5.56 Å². The molecule has 1 unspecified atom stereocenters. The number of aryl methyl sites for hydroxylation is 3. The fraction of sp³-hybridized carbons (Fsp3) is 0.600. The van der Waals surface area contributed by atoms with E-state index in [0.29, 0.717) is 12.6 Å². The van der Waals surface area contributed by atoms with Gasteiger partial charge in [0.05, 0.1) is 12.2 Å². The van der Waals surface area contributed by atoms with Crippen molar-refractivity contribution in [2.75, 3.05) is 25.0 Å². The number of hydrogen-bond donors (Lipinski definition) is 1. The largest absolute Gasteiger partial charge is 0.368 e. The number of aromatic nitrogens is 4. The molecule has 1 N–H and O–H groups in total. The Morgan fingerprint density at radius 2 is 2.15 bits per heavy atom. The molecule has 0 saturated carbocycles. The van der Waals surface area contributed by atoms with Crippen LogP contribution in [0.2, 0.25) is 0 Å². The molecule has 2 aliphatic rings. The lowest BCUT2D eigenvalue weighted by atomic mass is 10.0. The van der Waals surface area contributed by atoms with Crippen molar-refractivity contribution in [3.8, 4) is 0 Å². The molecule has 27 heavy (non-hydrogen) atoms. The minimum atomic E-state index is 0.0406. The van der Waals surface area contributed by atoms with Gasteiger partial charge in [-0.05, 0) is 57.2 Å². The summed E-state index contributed by atoms with van der Waals surface area (Å²) in [4.78, 5) is 23.4. The highest BCUT2D eigenvalue weighted by atomic mass is 16.1. The highest BCUT2D eigenvalue weighted by Crippen LogP contribution is 2.19. The summed E-state index contributed by atoms with van der Waals surface area (Å²) in [5.74, 6) is 1.66. The van der Waals surface area contributed by atoms with Crippen LogP contribution in [-0.4, -0.2) is 50.3 Å². The highest BCUT2D eigenvalue weighted by Gasteiger charge is 2.23. The predicted molar refractivity (Wildman–Crippen MR) is 105 cm³/mol. The summed E-state index contributed by atoms with van der Waals surface area (Å²) in [6.07, 6.45) is 8.55. The van der Waals surface area contributed by atoms with Gasteiger partial charge in [-0.15, -0.1) is 0 Å². The third-order valence-electron chi connectivity index (χ3n) is 5.67. The molecule has 3 heterocycles. The quantitative estimate of drug-likeness (QED) is 0.838. The maximum Gasteiger partial charge on any atom is 0.267 e. The number of likely N-dealkylation sites (tertiary alicyclic amines) is 1. The molecule has 144 valence electrons. The van der Waals surface area contributed by atoms with Crippen molar-refractivity contribution in [3.63, 3.8) is 0 Å². The number of hydrogen-bond acceptors (Lipinski definition) is 6. The summed E-state index contributed by atoms with van der Waals surface area (Å²) in [6.45, 7) is 5.37. The first-order valence-corrected chi connectivity index (χ1v) is 10.1. The molecular weight excluding hydrogens is 340 g/mol. The van der Waals surface area contributed by atoms with Gasteiger partial charge in [0, 0.05) is 31.4 Å². The van der Waals surface area contributed by atoms with Gasteiger partial charge < -0.3 is 5.32 Å². The first kappa shape index (κ1) is 18.1. The van der Waals surface area contributed by atoms with Crippen LogP contribution in [0.1, 0.15) is 42.8 Å². The Kier molecular flexibility index (Phi) is 5.48. The molecule has 0 spiro atoms. The monoisotopic (exact) mass is 368 g/mol. The molecule has 4 rings (SSSR count). The van der Waals surface area contributed by atoms with Crippen LogP contribution in [0.3, 0.4) is 0 Å². The van der Waals surface area contributed by atoms with Gasteiger partial charge >= 0.3 is 0 Å². The van der Waals surface area contributed by atoms with Crippen molar-refractivity contribution in [3.05, 3.63) is 45.8 Å². The molecule has 1 aliphatic heterocycles. The number of rotatable bonds is 6. The van der Waals surface area contributed by atoms with E-state index >= 15 is 0 Å². The zero-order chi connectivity index (χ0) is 18.6. The number of nitrogens with zero attached hydrogens (tertiary/aromatic N) is 5. The van der Waals surface area contributed by atoms with Gasteiger partial charge in [0.15, 0.2) is 0 Å². The molecule has 0 aromatic carbocycles. The van der Waals surface area contributed by atoms with Gasteiger partial charge in [0.25, 0.3) is 5.56 Å². The van der Waals surface area contributed by atoms with Gasteiger partial charge in [-0.2, -0.15) is 5.10 Å². The smallest absolute Gasteiger partial charge is 0.267 e. The van der Waals surface area contributed by atoms with E-state index in [1.54, 1.807) is 16.9 Å². The second-order valence-electron chi connectivity index (χ2n) is 7.59. The minimum absolute atomic E-state index is 0.0406. The second kappa shape index (κ2) is 8.17. The molecule has 1 atom stereocenters. The first-order valence-electron chi connectivity index (χ1n) is 10.1. The lowest BCUT2D eigenvalue weighted by molar-refractivity contribution is 0.148. The van der Waals surface area contributed by atoms with Crippen LogP contribution in [0.4, 0.5) is 5.82 Å². The molecule has 2 aromatic heterocycles. The molecule has 7 heteroatoms. The molecule has 0 radical (unpaired) electrons. The third-order valence-corrected chi connectivity index (χ3v) is 5.67. The fourth-order valence-corrected chi connectivity index (χ4v) is 4.19. The summed E-state index contributed by atoms with van der Waals surface area (Å²) in [7, 11) is 0. The lowest BCUT2D eigenvalue weighted by Crippen LogP contribution is -2.45. The van der Waals surface area contributed by atoms with Crippen molar-refractivity contribution >= 4 is 5.82 Å². The number of nitrogens with one attached hydrogen (secondary N) is 1. The molecule has 0 amide bonds. The van der Waals surface area contributed by atoms with E-state index in [1.807, 2.05) is 13.0 Å². The van der Waals surface area contributed by atoms with Crippen LogP contribution in [0.15, 0.2) is 23.1 Å². The van der Waals surface area contributed by atoms with Gasteiger partial charge in [0.2, 0.25) is 0 Å². The van der Waals surface area contributed by atoms with Gasteiger partial charge in [-0.1, -0.05) is 6.42 Å². The topological polar surface area (TPSA) is 75.9 Å². The van der Waals surface area contributed by atoms with Gasteiger partial charge in [-0.25, -0.2) is 14.6 Å². The molecule has 1 saturated heterocycles. The summed E-state index contributed by atoms with van der Waals surface area (Å²) in [5.41, 5.74) is 2.31. The van der Waals surface area contributed by atoms with E-state index in [4.69, 9.17) is 0 Å². The minimum Gasteiger partial charge on any atom is -0.368 e. The van der Waals surface area contributed by atoms with Gasteiger partial charge in [0.1, 0.15) is 11.6 Å². The number of fused-ring (bicyclic) bond motifs is 1. The summed E-state index contributed by atoms with van der Waals surface area (Å²) >= 11 is 0. The van der Waals surface area contributed by atoms with Crippen LogP contribution in [0, 0.1) is 6.92 Å². The van der Waals surface area contributed by atoms with E-state index < -0.39 is 0 Å². The Hall–Kier alpha value is -2.28. The Labute approximate surface area is 159 Å².